The summed E-state index contributed by atoms with van der Waals surface area (Å²) in [6.07, 6.45) is 1.67. The molecule has 0 unspecified atom stereocenters. The van der Waals surface area contributed by atoms with Crippen LogP contribution in [0.15, 0.2) is 24.5 Å². The molecule has 6 heteroatoms. The molecule has 0 aliphatic rings. The number of nitrogens with zero attached hydrogens (tertiary/aromatic N) is 3. The monoisotopic (exact) mass is 275 g/mol. The van der Waals surface area contributed by atoms with Crippen LogP contribution in [0.25, 0.3) is 16.6 Å². The number of aromatic nitrogens is 3. The van der Waals surface area contributed by atoms with Crippen LogP contribution in [-0.2, 0) is 4.74 Å². The molecule has 19 heavy (non-hydrogen) atoms. The summed E-state index contributed by atoms with van der Waals surface area (Å²) in [5, 5.41) is 0.397. The summed E-state index contributed by atoms with van der Waals surface area (Å²) in [5.74, 6) is -0.387. The summed E-state index contributed by atoms with van der Waals surface area (Å²) < 4.78 is 6.54. The smallest absolute Gasteiger partial charge is 0.337 e. The summed E-state index contributed by atoms with van der Waals surface area (Å²) in [7, 11) is 1.35. The molecule has 2 aromatic heterocycles. The number of aryl methyl sites for hydroxylation is 1. The molecule has 0 spiro atoms. The van der Waals surface area contributed by atoms with Crippen LogP contribution >= 0.6 is 11.6 Å². The predicted molar refractivity (Wildman–Crippen MR) is 71.6 cm³/mol. The van der Waals surface area contributed by atoms with Crippen molar-refractivity contribution in [3.63, 3.8) is 0 Å². The maximum absolute atomic E-state index is 11.6. The molecule has 0 radical (unpaired) electrons. The van der Waals surface area contributed by atoms with Crippen molar-refractivity contribution in [1.29, 1.82) is 0 Å². The number of methoxy groups -OCH3 is 1. The first kappa shape index (κ1) is 11.9. The molecular weight excluding hydrogens is 266 g/mol. The van der Waals surface area contributed by atoms with Crippen molar-refractivity contribution in [2.45, 2.75) is 6.92 Å². The first-order chi connectivity index (χ1) is 9.11. The number of carbonyl (C=O) groups is 1. The third-order valence-corrected chi connectivity index (χ3v) is 3.28. The Kier molecular flexibility index (Phi) is 2.64. The molecule has 3 rings (SSSR count). The van der Waals surface area contributed by atoms with Gasteiger partial charge in [0.2, 0.25) is 0 Å². The van der Waals surface area contributed by atoms with Gasteiger partial charge in [-0.1, -0.05) is 11.6 Å². The van der Waals surface area contributed by atoms with E-state index in [0.29, 0.717) is 16.2 Å². The predicted octanol–water partition coefficient (Wildman–Crippen LogP) is 2.63. The minimum absolute atomic E-state index is 0.387. The van der Waals surface area contributed by atoms with Crippen LogP contribution in [0.4, 0.5) is 0 Å². The molecule has 0 fully saturated rings. The standard InChI is InChI=1S/C13H10ClN3O2/c1-7-11-12(14)16-9-4-3-8(13(18)19-2)5-10(9)17(11)6-15-7/h3-6H,1-2H3. The third-order valence-electron chi connectivity index (χ3n) is 3.02. The molecule has 0 atom stereocenters. The van der Waals surface area contributed by atoms with E-state index in [0.717, 1.165) is 16.7 Å². The van der Waals surface area contributed by atoms with Crippen LogP contribution in [0.3, 0.4) is 0 Å². The first-order valence-electron chi connectivity index (χ1n) is 5.63. The molecular formula is C13H10ClN3O2. The van der Waals surface area contributed by atoms with Gasteiger partial charge in [0.15, 0.2) is 5.15 Å². The molecule has 0 saturated carbocycles. The number of ether oxygens (including phenoxy) is 1. The Hall–Kier alpha value is -2.14. The Morgan fingerprint density at radius 3 is 2.95 bits per heavy atom. The highest BCUT2D eigenvalue weighted by Gasteiger charge is 2.13. The Bertz CT molecular complexity index is 810. The van der Waals surface area contributed by atoms with Crippen LogP contribution in [0, 0.1) is 6.92 Å². The number of benzene rings is 1. The van der Waals surface area contributed by atoms with E-state index in [1.165, 1.54) is 7.11 Å². The zero-order valence-corrected chi connectivity index (χ0v) is 11.1. The van der Waals surface area contributed by atoms with E-state index in [1.54, 1.807) is 24.5 Å². The second-order valence-electron chi connectivity index (χ2n) is 4.15. The molecule has 5 nitrogen and oxygen atoms in total. The lowest BCUT2D eigenvalue weighted by Gasteiger charge is -2.06. The van der Waals surface area contributed by atoms with Gasteiger partial charge in [-0.05, 0) is 25.1 Å². The van der Waals surface area contributed by atoms with Gasteiger partial charge in [-0.2, -0.15) is 0 Å². The van der Waals surface area contributed by atoms with Crippen molar-refractivity contribution >= 4 is 34.1 Å². The molecule has 96 valence electrons. The van der Waals surface area contributed by atoms with Gasteiger partial charge in [0.05, 0.1) is 29.4 Å². The molecule has 3 aromatic rings. The van der Waals surface area contributed by atoms with Crippen molar-refractivity contribution in [2.24, 2.45) is 0 Å². The number of carbonyl (C=O) groups excluding carboxylic acids is 1. The number of hydrogen-bond acceptors (Lipinski definition) is 4. The lowest BCUT2D eigenvalue weighted by molar-refractivity contribution is 0.0601. The molecule has 0 amide bonds. The fourth-order valence-electron chi connectivity index (χ4n) is 2.08. The van der Waals surface area contributed by atoms with Gasteiger partial charge in [-0.3, -0.25) is 4.40 Å². The Morgan fingerprint density at radius 2 is 2.21 bits per heavy atom. The lowest BCUT2D eigenvalue weighted by atomic mass is 10.2. The summed E-state index contributed by atoms with van der Waals surface area (Å²) in [6.45, 7) is 1.86. The fourth-order valence-corrected chi connectivity index (χ4v) is 2.40. The largest absolute Gasteiger partial charge is 0.465 e. The Labute approximate surface area is 113 Å². The molecule has 0 saturated heterocycles. The Balaban J connectivity index is 2.41. The van der Waals surface area contributed by atoms with Gasteiger partial charge in [0.25, 0.3) is 0 Å². The molecule has 0 N–H and O–H groups in total. The minimum atomic E-state index is -0.387. The van der Waals surface area contributed by atoms with Crippen molar-refractivity contribution in [3.05, 3.63) is 40.9 Å². The van der Waals surface area contributed by atoms with Crippen LogP contribution < -0.4 is 0 Å². The van der Waals surface area contributed by atoms with Crippen LogP contribution in [0.5, 0.6) is 0 Å². The molecule has 0 aliphatic carbocycles. The maximum atomic E-state index is 11.6. The average molecular weight is 276 g/mol. The summed E-state index contributed by atoms with van der Waals surface area (Å²) in [4.78, 5) is 20.1. The van der Waals surface area contributed by atoms with Gasteiger partial charge in [-0.25, -0.2) is 14.8 Å². The van der Waals surface area contributed by atoms with Gasteiger partial charge in [0.1, 0.15) is 11.8 Å². The Morgan fingerprint density at radius 1 is 1.42 bits per heavy atom. The van der Waals surface area contributed by atoms with Gasteiger partial charge in [0, 0.05) is 0 Å². The zero-order chi connectivity index (χ0) is 13.6. The minimum Gasteiger partial charge on any atom is -0.465 e. The van der Waals surface area contributed by atoms with Crippen molar-refractivity contribution in [3.8, 4) is 0 Å². The summed E-state index contributed by atoms with van der Waals surface area (Å²) in [5.41, 5.74) is 3.47. The second-order valence-corrected chi connectivity index (χ2v) is 4.50. The number of esters is 1. The highest BCUT2D eigenvalue weighted by atomic mass is 35.5. The number of halogens is 1. The highest BCUT2D eigenvalue weighted by molar-refractivity contribution is 6.33. The number of hydrogen-bond donors (Lipinski definition) is 0. The average Bonchev–Trinajstić information content (AvgIpc) is 2.81. The lowest BCUT2D eigenvalue weighted by Crippen LogP contribution is -2.02. The zero-order valence-electron chi connectivity index (χ0n) is 10.3. The van der Waals surface area contributed by atoms with E-state index >= 15 is 0 Å². The van der Waals surface area contributed by atoms with E-state index in [-0.39, 0.29) is 5.97 Å². The summed E-state index contributed by atoms with van der Waals surface area (Å²) >= 11 is 6.15. The van der Waals surface area contributed by atoms with Crippen LogP contribution in [-0.4, -0.2) is 27.4 Å². The normalized spacial score (nSPS) is 11.1. The summed E-state index contributed by atoms with van der Waals surface area (Å²) in [6, 6.07) is 5.12. The van der Waals surface area contributed by atoms with Gasteiger partial charge < -0.3 is 4.74 Å². The van der Waals surface area contributed by atoms with E-state index in [4.69, 9.17) is 16.3 Å². The van der Waals surface area contributed by atoms with Crippen molar-refractivity contribution in [2.75, 3.05) is 7.11 Å². The van der Waals surface area contributed by atoms with Crippen molar-refractivity contribution < 1.29 is 9.53 Å². The molecule has 2 heterocycles. The van der Waals surface area contributed by atoms with E-state index in [2.05, 4.69) is 9.97 Å². The number of imidazole rings is 1. The van der Waals surface area contributed by atoms with Crippen LogP contribution in [0.1, 0.15) is 16.1 Å². The number of fused-ring (bicyclic) bond motifs is 3. The quantitative estimate of drug-likeness (QED) is 0.641. The van der Waals surface area contributed by atoms with E-state index < -0.39 is 0 Å². The molecule has 0 bridgehead atoms. The van der Waals surface area contributed by atoms with Gasteiger partial charge in [-0.15, -0.1) is 0 Å². The van der Waals surface area contributed by atoms with Crippen molar-refractivity contribution in [1.82, 2.24) is 14.4 Å². The topological polar surface area (TPSA) is 56.5 Å². The maximum Gasteiger partial charge on any atom is 0.337 e. The molecule has 1 aromatic carbocycles. The second kappa shape index (κ2) is 4.20. The SMILES string of the molecule is COC(=O)c1ccc2nc(Cl)c3c(C)ncn3c2c1. The number of rotatable bonds is 1. The first-order valence-corrected chi connectivity index (χ1v) is 6.01. The molecule has 0 aliphatic heterocycles. The van der Waals surface area contributed by atoms with E-state index in [1.807, 2.05) is 11.3 Å². The fraction of sp³-hybridized carbons (Fsp3) is 0.154. The highest BCUT2D eigenvalue weighted by Crippen LogP contribution is 2.24. The van der Waals surface area contributed by atoms with Crippen LogP contribution in [0.2, 0.25) is 5.15 Å². The van der Waals surface area contributed by atoms with Gasteiger partial charge >= 0.3 is 5.97 Å². The van der Waals surface area contributed by atoms with E-state index in [9.17, 15) is 4.79 Å². The third kappa shape index (κ3) is 1.74.